The van der Waals surface area contributed by atoms with Gasteiger partial charge in [-0.15, -0.1) is 0 Å². The third-order valence-corrected chi connectivity index (χ3v) is 3.01. The Labute approximate surface area is 99.7 Å². The van der Waals surface area contributed by atoms with E-state index in [4.69, 9.17) is 0 Å². The number of nitrogens with zero attached hydrogens (tertiary/aromatic N) is 1. The molecule has 1 N–H and O–H groups in total. The fourth-order valence-electron chi connectivity index (χ4n) is 1.89. The fourth-order valence-corrected chi connectivity index (χ4v) is 1.89. The van der Waals surface area contributed by atoms with Crippen LogP contribution in [0.3, 0.4) is 0 Å². The van der Waals surface area contributed by atoms with Crippen LogP contribution in [0.25, 0.3) is 0 Å². The van der Waals surface area contributed by atoms with Gasteiger partial charge in [-0.3, -0.25) is 0 Å². The van der Waals surface area contributed by atoms with Gasteiger partial charge in [-0.05, 0) is 31.2 Å². The SMILES string of the molecule is CCCCC(NC)c1ccc(N(C)C)cc1. The van der Waals surface area contributed by atoms with Gasteiger partial charge in [-0.2, -0.15) is 0 Å². The molecule has 0 spiro atoms. The molecule has 0 fully saturated rings. The molecule has 0 aliphatic carbocycles. The predicted octanol–water partition coefficient (Wildman–Crippen LogP) is 3.20. The van der Waals surface area contributed by atoms with Crippen LogP contribution in [-0.2, 0) is 0 Å². The van der Waals surface area contributed by atoms with Gasteiger partial charge in [0.05, 0.1) is 0 Å². The van der Waals surface area contributed by atoms with Crippen molar-refractivity contribution in [3.63, 3.8) is 0 Å². The van der Waals surface area contributed by atoms with E-state index < -0.39 is 0 Å². The number of anilines is 1. The molecule has 1 aromatic carbocycles. The number of benzene rings is 1. The first-order valence-electron chi connectivity index (χ1n) is 6.13. The van der Waals surface area contributed by atoms with Crippen LogP contribution in [0.4, 0.5) is 5.69 Å². The minimum atomic E-state index is 0.496. The van der Waals surface area contributed by atoms with Gasteiger partial charge in [0.25, 0.3) is 0 Å². The van der Waals surface area contributed by atoms with Crippen LogP contribution in [0.15, 0.2) is 24.3 Å². The standard InChI is InChI=1S/C14H24N2/c1-5-6-7-14(15-2)12-8-10-13(11-9-12)16(3)4/h8-11,14-15H,5-7H2,1-4H3. The first kappa shape index (κ1) is 13.0. The summed E-state index contributed by atoms with van der Waals surface area (Å²) in [6, 6.07) is 9.33. The summed E-state index contributed by atoms with van der Waals surface area (Å²) in [6.45, 7) is 2.24. The maximum absolute atomic E-state index is 3.39. The zero-order chi connectivity index (χ0) is 12.0. The molecule has 0 aliphatic rings. The first-order valence-corrected chi connectivity index (χ1v) is 6.13. The van der Waals surface area contributed by atoms with E-state index in [2.05, 4.69) is 55.5 Å². The molecule has 1 rings (SSSR count). The van der Waals surface area contributed by atoms with Crippen molar-refractivity contribution in [3.05, 3.63) is 29.8 Å². The van der Waals surface area contributed by atoms with Crippen LogP contribution in [0.2, 0.25) is 0 Å². The quantitative estimate of drug-likeness (QED) is 0.792. The first-order chi connectivity index (χ1) is 7.69. The molecule has 0 saturated heterocycles. The van der Waals surface area contributed by atoms with Crippen molar-refractivity contribution in [2.45, 2.75) is 32.2 Å². The fraction of sp³-hybridized carbons (Fsp3) is 0.571. The average Bonchev–Trinajstić information content (AvgIpc) is 2.30. The molecule has 1 aromatic rings. The van der Waals surface area contributed by atoms with E-state index in [9.17, 15) is 0 Å². The highest BCUT2D eigenvalue weighted by Crippen LogP contribution is 2.21. The Balaban J connectivity index is 2.70. The van der Waals surface area contributed by atoms with Crippen LogP contribution in [0.5, 0.6) is 0 Å². The highest BCUT2D eigenvalue weighted by atomic mass is 15.1. The van der Waals surface area contributed by atoms with E-state index >= 15 is 0 Å². The van der Waals surface area contributed by atoms with E-state index in [0.717, 1.165) is 0 Å². The van der Waals surface area contributed by atoms with Crippen LogP contribution in [0, 0.1) is 0 Å². The predicted molar refractivity (Wildman–Crippen MR) is 72.1 cm³/mol. The van der Waals surface area contributed by atoms with Gasteiger partial charge in [-0.1, -0.05) is 31.9 Å². The average molecular weight is 220 g/mol. The summed E-state index contributed by atoms with van der Waals surface area (Å²) < 4.78 is 0. The third kappa shape index (κ3) is 3.53. The molecular weight excluding hydrogens is 196 g/mol. The second-order valence-corrected chi connectivity index (χ2v) is 4.47. The van der Waals surface area contributed by atoms with Gasteiger partial charge in [0.1, 0.15) is 0 Å². The van der Waals surface area contributed by atoms with Crippen molar-refractivity contribution in [1.82, 2.24) is 5.32 Å². The summed E-state index contributed by atoms with van der Waals surface area (Å²) in [7, 11) is 6.18. The summed E-state index contributed by atoms with van der Waals surface area (Å²) >= 11 is 0. The lowest BCUT2D eigenvalue weighted by Crippen LogP contribution is -2.16. The lowest BCUT2D eigenvalue weighted by molar-refractivity contribution is 0.523. The van der Waals surface area contributed by atoms with Gasteiger partial charge >= 0.3 is 0 Å². The Morgan fingerprint density at radius 2 is 1.81 bits per heavy atom. The number of nitrogens with one attached hydrogen (secondary N) is 1. The molecule has 0 aromatic heterocycles. The van der Waals surface area contributed by atoms with E-state index in [0.29, 0.717) is 6.04 Å². The summed E-state index contributed by atoms with van der Waals surface area (Å²) in [5, 5.41) is 3.39. The van der Waals surface area contributed by atoms with Crippen molar-refractivity contribution >= 4 is 5.69 Å². The van der Waals surface area contributed by atoms with Gasteiger partial charge in [0.15, 0.2) is 0 Å². The number of hydrogen-bond acceptors (Lipinski definition) is 2. The molecular formula is C14H24N2. The molecule has 16 heavy (non-hydrogen) atoms. The smallest absolute Gasteiger partial charge is 0.0361 e. The molecule has 0 aliphatic heterocycles. The lowest BCUT2D eigenvalue weighted by atomic mass is 10.0. The van der Waals surface area contributed by atoms with Crippen LogP contribution < -0.4 is 10.2 Å². The van der Waals surface area contributed by atoms with Crippen LogP contribution >= 0.6 is 0 Å². The van der Waals surface area contributed by atoms with Crippen molar-refractivity contribution in [2.75, 3.05) is 26.0 Å². The molecule has 0 bridgehead atoms. The van der Waals surface area contributed by atoms with Crippen LogP contribution in [-0.4, -0.2) is 21.1 Å². The summed E-state index contributed by atoms with van der Waals surface area (Å²) in [5.74, 6) is 0. The third-order valence-electron chi connectivity index (χ3n) is 3.01. The maximum atomic E-state index is 3.39. The van der Waals surface area contributed by atoms with Crippen molar-refractivity contribution in [1.29, 1.82) is 0 Å². The Kier molecular flexibility index (Phi) is 5.33. The summed E-state index contributed by atoms with van der Waals surface area (Å²) in [5.41, 5.74) is 2.65. The molecule has 2 nitrogen and oxygen atoms in total. The molecule has 2 heteroatoms. The van der Waals surface area contributed by atoms with Gasteiger partial charge in [-0.25, -0.2) is 0 Å². The van der Waals surface area contributed by atoms with Gasteiger partial charge in [0.2, 0.25) is 0 Å². The molecule has 90 valence electrons. The number of unbranched alkanes of at least 4 members (excludes halogenated alkanes) is 1. The van der Waals surface area contributed by atoms with Gasteiger partial charge in [0, 0.05) is 25.8 Å². The molecule has 0 saturated carbocycles. The van der Waals surface area contributed by atoms with E-state index in [1.54, 1.807) is 0 Å². The highest BCUT2D eigenvalue weighted by Gasteiger charge is 2.08. The Morgan fingerprint density at radius 3 is 2.25 bits per heavy atom. The van der Waals surface area contributed by atoms with Crippen molar-refractivity contribution < 1.29 is 0 Å². The Morgan fingerprint density at radius 1 is 1.19 bits per heavy atom. The molecule has 1 atom stereocenters. The highest BCUT2D eigenvalue weighted by molar-refractivity contribution is 5.46. The van der Waals surface area contributed by atoms with Gasteiger partial charge < -0.3 is 10.2 Å². The molecule has 0 radical (unpaired) electrons. The summed E-state index contributed by atoms with van der Waals surface area (Å²) in [6.07, 6.45) is 3.75. The molecule has 1 unspecified atom stereocenters. The van der Waals surface area contributed by atoms with E-state index in [-0.39, 0.29) is 0 Å². The minimum absolute atomic E-state index is 0.496. The largest absolute Gasteiger partial charge is 0.378 e. The summed E-state index contributed by atoms with van der Waals surface area (Å²) in [4.78, 5) is 2.13. The zero-order valence-corrected chi connectivity index (χ0v) is 11.0. The van der Waals surface area contributed by atoms with Crippen molar-refractivity contribution in [2.24, 2.45) is 0 Å². The lowest BCUT2D eigenvalue weighted by Gasteiger charge is -2.18. The second kappa shape index (κ2) is 6.54. The molecule has 0 heterocycles. The zero-order valence-electron chi connectivity index (χ0n) is 11.0. The minimum Gasteiger partial charge on any atom is -0.378 e. The van der Waals surface area contributed by atoms with Crippen molar-refractivity contribution in [3.8, 4) is 0 Å². The monoisotopic (exact) mass is 220 g/mol. The second-order valence-electron chi connectivity index (χ2n) is 4.47. The Bertz CT molecular complexity index is 290. The Hall–Kier alpha value is -1.02. The van der Waals surface area contributed by atoms with Crippen LogP contribution in [0.1, 0.15) is 37.8 Å². The molecule has 0 amide bonds. The maximum Gasteiger partial charge on any atom is 0.0361 e. The normalized spacial score (nSPS) is 12.5. The van der Waals surface area contributed by atoms with E-state index in [1.807, 2.05) is 7.05 Å². The van der Waals surface area contributed by atoms with E-state index in [1.165, 1.54) is 30.5 Å². The number of rotatable bonds is 6. The topological polar surface area (TPSA) is 15.3 Å². The number of hydrogen-bond donors (Lipinski definition) is 1.